The van der Waals surface area contributed by atoms with E-state index in [0.717, 1.165) is 53.2 Å². The van der Waals surface area contributed by atoms with Gasteiger partial charge < -0.3 is 9.73 Å². The quantitative estimate of drug-likeness (QED) is 0.314. The smallest absolute Gasteiger partial charge is 0.256 e. The van der Waals surface area contributed by atoms with Crippen LogP contribution in [0, 0.1) is 10.5 Å². The van der Waals surface area contributed by atoms with Crippen molar-refractivity contribution in [3.8, 4) is 0 Å². The highest BCUT2D eigenvalue weighted by Gasteiger charge is 2.29. The number of anilines is 1. The van der Waals surface area contributed by atoms with Crippen LogP contribution in [0.3, 0.4) is 0 Å². The first-order valence-electron chi connectivity index (χ1n) is 10.1. The lowest BCUT2D eigenvalue weighted by Crippen LogP contribution is -2.04. The molecule has 2 aliphatic rings. The van der Waals surface area contributed by atoms with Crippen LogP contribution in [0.25, 0.3) is 11.6 Å². The summed E-state index contributed by atoms with van der Waals surface area (Å²) in [5.41, 5.74) is 6.59. The number of hydrogen-bond acceptors (Lipinski definition) is 2. The zero-order valence-electron chi connectivity index (χ0n) is 16.1. The fraction of sp³-hybridized carbons (Fsp3) is 0.435. The van der Waals surface area contributed by atoms with Gasteiger partial charge in [0.15, 0.2) is 0 Å². The lowest BCUT2D eigenvalue weighted by molar-refractivity contribution is -0.110. The van der Waals surface area contributed by atoms with Crippen molar-refractivity contribution in [2.24, 2.45) is 0 Å². The Labute approximate surface area is 174 Å². The average molecular weight is 475 g/mol. The third kappa shape index (κ3) is 3.48. The van der Waals surface area contributed by atoms with Gasteiger partial charge in [-0.2, -0.15) is 0 Å². The minimum absolute atomic E-state index is 0.0241. The SMILES string of the molecule is CCCCCc1c(C=C2C(=O)Nc3ccc(I)c(C)c32)oc2c1CCCC2. The number of furan rings is 1. The molecule has 4 heteroatoms. The number of hydrogen-bond donors (Lipinski definition) is 1. The number of benzene rings is 1. The van der Waals surface area contributed by atoms with Crippen molar-refractivity contribution in [1.82, 2.24) is 0 Å². The number of rotatable bonds is 5. The highest BCUT2D eigenvalue weighted by Crippen LogP contribution is 2.39. The van der Waals surface area contributed by atoms with Gasteiger partial charge in [-0.15, -0.1) is 0 Å². The molecule has 2 heterocycles. The molecule has 0 saturated carbocycles. The van der Waals surface area contributed by atoms with E-state index in [9.17, 15) is 4.79 Å². The molecule has 142 valence electrons. The molecule has 0 saturated heterocycles. The molecular formula is C23H26INO2. The van der Waals surface area contributed by atoms with Gasteiger partial charge >= 0.3 is 0 Å². The summed E-state index contributed by atoms with van der Waals surface area (Å²) in [4.78, 5) is 12.7. The molecule has 0 unspecified atom stereocenters. The van der Waals surface area contributed by atoms with Crippen LogP contribution in [0.5, 0.6) is 0 Å². The van der Waals surface area contributed by atoms with Gasteiger partial charge in [-0.25, -0.2) is 0 Å². The largest absolute Gasteiger partial charge is 0.461 e. The number of unbranched alkanes of at least 4 members (excludes halogenated alkanes) is 2. The fourth-order valence-electron chi connectivity index (χ4n) is 4.30. The molecule has 0 radical (unpaired) electrons. The van der Waals surface area contributed by atoms with Crippen LogP contribution in [0.4, 0.5) is 5.69 Å². The molecular weight excluding hydrogens is 449 g/mol. The van der Waals surface area contributed by atoms with E-state index in [1.54, 1.807) is 0 Å². The van der Waals surface area contributed by atoms with Crippen LogP contribution in [-0.2, 0) is 24.1 Å². The average Bonchev–Trinajstić information content (AvgIpc) is 3.17. The van der Waals surface area contributed by atoms with Gasteiger partial charge in [0.25, 0.3) is 5.91 Å². The highest BCUT2D eigenvalue weighted by molar-refractivity contribution is 14.1. The van der Waals surface area contributed by atoms with Crippen molar-refractivity contribution < 1.29 is 9.21 Å². The lowest BCUT2D eigenvalue weighted by atomic mass is 9.91. The Morgan fingerprint density at radius 3 is 2.85 bits per heavy atom. The van der Waals surface area contributed by atoms with E-state index in [2.05, 4.69) is 47.8 Å². The summed E-state index contributed by atoms with van der Waals surface area (Å²) in [7, 11) is 0. The van der Waals surface area contributed by atoms with Crippen molar-refractivity contribution in [1.29, 1.82) is 0 Å². The molecule has 1 aromatic carbocycles. The van der Waals surface area contributed by atoms with Crippen LogP contribution in [0.15, 0.2) is 16.5 Å². The van der Waals surface area contributed by atoms with Crippen LogP contribution >= 0.6 is 22.6 Å². The molecule has 2 aromatic rings. The Balaban J connectivity index is 1.79. The second-order valence-corrected chi connectivity index (χ2v) is 8.78. The van der Waals surface area contributed by atoms with Gasteiger partial charge in [-0.05, 0) is 91.0 Å². The Morgan fingerprint density at radius 2 is 2.04 bits per heavy atom. The molecule has 1 amide bonds. The van der Waals surface area contributed by atoms with Crippen molar-refractivity contribution in [2.45, 2.75) is 65.2 Å². The topological polar surface area (TPSA) is 42.2 Å². The fourth-order valence-corrected chi connectivity index (χ4v) is 4.75. The molecule has 4 rings (SSSR count). The Morgan fingerprint density at radius 1 is 1.22 bits per heavy atom. The number of aryl methyl sites for hydroxylation is 1. The number of halogens is 1. The maximum Gasteiger partial charge on any atom is 0.256 e. The van der Waals surface area contributed by atoms with Crippen LogP contribution in [-0.4, -0.2) is 5.91 Å². The predicted octanol–water partition coefficient (Wildman–Crippen LogP) is 6.30. The summed E-state index contributed by atoms with van der Waals surface area (Å²) in [5.74, 6) is 2.04. The summed E-state index contributed by atoms with van der Waals surface area (Å²) < 4.78 is 7.48. The maximum atomic E-state index is 12.7. The number of carbonyl (C=O) groups excluding carboxylic acids is 1. The first-order valence-corrected chi connectivity index (χ1v) is 11.1. The van der Waals surface area contributed by atoms with E-state index >= 15 is 0 Å². The van der Waals surface area contributed by atoms with Crippen LogP contribution < -0.4 is 5.32 Å². The third-order valence-corrected chi connectivity index (χ3v) is 6.95. The molecule has 1 aliphatic carbocycles. The normalized spacial score (nSPS) is 17.1. The zero-order valence-corrected chi connectivity index (χ0v) is 18.2. The van der Waals surface area contributed by atoms with E-state index in [0.29, 0.717) is 0 Å². The highest BCUT2D eigenvalue weighted by atomic mass is 127. The standard InChI is InChI=1S/C23H26INO2/c1-3-4-5-8-16-15-9-6-7-10-20(15)27-21(16)13-17-22-14(2)18(24)11-12-19(22)25-23(17)26/h11-13H,3-10H2,1-2H3,(H,25,26). The number of amides is 1. The number of carbonyl (C=O) groups is 1. The van der Waals surface area contributed by atoms with Crippen molar-refractivity contribution >= 4 is 45.8 Å². The second kappa shape index (κ2) is 7.82. The van der Waals surface area contributed by atoms with Gasteiger partial charge in [0, 0.05) is 26.8 Å². The minimum atomic E-state index is -0.0241. The first-order chi connectivity index (χ1) is 13.1. The Kier molecular flexibility index (Phi) is 5.44. The predicted molar refractivity (Wildman–Crippen MR) is 119 cm³/mol. The van der Waals surface area contributed by atoms with Gasteiger partial charge in [-0.3, -0.25) is 4.79 Å². The van der Waals surface area contributed by atoms with Crippen LogP contribution in [0.1, 0.15) is 72.8 Å². The molecule has 0 bridgehead atoms. The van der Waals surface area contributed by atoms with E-state index in [-0.39, 0.29) is 5.91 Å². The van der Waals surface area contributed by atoms with Crippen molar-refractivity contribution in [2.75, 3.05) is 5.32 Å². The summed E-state index contributed by atoms with van der Waals surface area (Å²) in [6.45, 7) is 4.32. The molecule has 0 fully saturated rings. The second-order valence-electron chi connectivity index (χ2n) is 7.62. The van der Waals surface area contributed by atoms with Crippen molar-refractivity contribution in [3.63, 3.8) is 0 Å². The Hall–Kier alpha value is -1.56. The monoisotopic (exact) mass is 475 g/mol. The summed E-state index contributed by atoms with van der Waals surface area (Å²) in [6, 6.07) is 4.05. The van der Waals surface area contributed by atoms with E-state index in [4.69, 9.17) is 4.42 Å². The molecule has 1 aliphatic heterocycles. The zero-order chi connectivity index (χ0) is 19.0. The van der Waals surface area contributed by atoms with Crippen LogP contribution in [0.2, 0.25) is 0 Å². The van der Waals surface area contributed by atoms with Crippen molar-refractivity contribution in [3.05, 3.63) is 49.5 Å². The first kappa shape index (κ1) is 18.8. The van der Waals surface area contributed by atoms with Gasteiger partial charge in [0.1, 0.15) is 11.5 Å². The van der Waals surface area contributed by atoms with E-state index < -0.39 is 0 Å². The molecule has 27 heavy (non-hydrogen) atoms. The van der Waals surface area contributed by atoms with E-state index in [1.807, 2.05) is 12.1 Å². The molecule has 1 aromatic heterocycles. The number of nitrogens with one attached hydrogen (secondary N) is 1. The van der Waals surface area contributed by atoms with Gasteiger partial charge in [0.2, 0.25) is 0 Å². The minimum Gasteiger partial charge on any atom is -0.461 e. The Bertz CT molecular complexity index is 923. The summed E-state index contributed by atoms with van der Waals surface area (Å²) in [6.07, 6.45) is 11.3. The molecule has 3 nitrogen and oxygen atoms in total. The molecule has 0 atom stereocenters. The third-order valence-electron chi connectivity index (χ3n) is 5.78. The molecule has 0 spiro atoms. The van der Waals surface area contributed by atoms with E-state index in [1.165, 1.54) is 46.8 Å². The van der Waals surface area contributed by atoms with Gasteiger partial charge in [-0.1, -0.05) is 19.8 Å². The molecule has 1 N–H and O–H groups in total. The van der Waals surface area contributed by atoms with Gasteiger partial charge in [0.05, 0.1) is 5.57 Å². The lowest BCUT2D eigenvalue weighted by Gasteiger charge is -2.10. The maximum absolute atomic E-state index is 12.7. The number of fused-ring (bicyclic) bond motifs is 2. The summed E-state index contributed by atoms with van der Waals surface area (Å²) in [5, 5.41) is 3.02. The summed E-state index contributed by atoms with van der Waals surface area (Å²) >= 11 is 2.34.